The summed E-state index contributed by atoms with van der Waals surface area (Å²) in [5, 5.41) is 0. The molecular formula is C31H46O3. The lowest BCUT2D eigenvalue weighted by molar-refractivity contribution is 0.0626. The van der Waals surface area contributed by atoms with Gasteiger partial charge in [-0.3, -0.25) is 0 Å². The molecule has 0 aliphatic carbocycles. The highest BCUT2D eigenvalue weighted by Gasteiger charge is 2.13. The van der Waals surface area contributed by atoms with Crippen LogP contribution in [0, 0.1) is 0 Å². The van der Waals surface area contributed by atoms with Gasteiger partial charge in [-0.05, 0) is 55.5 Å². The van der Waals surface area contributed by atoms with Crippen molar-refractivity contribution in [3.63, 3.8) is 0 Å². The first-order valence-corrected chi connectivity index (χ1v) is 13.7. The van der Waals surface area contributed by atoms with Crippen LogP contribution in [0.25, 0.3) is 0 Å². The van der Waals surface area contributed by atoms with Crippen molar-refractivity contribution in [2.75, 3.05) is 6.61 Å². The summed E-state index contributed by atoms with van der Waals surface area (Å²) < 4.78 is 11.8. The first kappa shape index (κ1) is 28.1. The fraction of sp³-hybridized carbons (Fsp3) is 0.581. The third-order valence-electron chi connectivity index (χ3n) is 6.46. The zero-order valence-corrected chi connectivity index (χ0v) is 21.8. The smallest absolute Gasteiger partial charge is 0.343 e. The van der Waals surface area contributed by atoms with Crippen molar-refractivity contribution in [2.45, 2.75) is 110 Å². The van der Waals surface area contributed by atoms with Crippen molar-refractivity contribution in [1.29, 1.82) is 0 Å². The van der Waals surface area contributed by atoms with Gasteiger partial charge < -0.3 is 9.47 Å². The minimum Gasteiger partial charge on any atom is -0.423 e. The lowest BCUT2D eigenvalue weighted by atomic mass is 10.1. The van der Waals surface area contributed by atoms with Gasteiger partial charge in [-0.1, -0.05) is 108 Å². The number of ether oxygens (including phenoxy) is 2. The molecule has 188 valence electrons. The van der Waals surface area contributed by atoms with Crippen LogP contribution < -0.4 is 4.74 Å². The van der Waals surface area contributed by atoms with Crippen LogP contribution >= 0.6 is 0 Å². The minimum atomic E-state index is -0.305. The zero-order chi connectivity index (χ0) is 24.4. The standard InChI is InChI=1S/C31H46O3/c1-4-6-8-10-11-12-13-17-25-33-26(3)27-21-23-29(24-22-27)31(32)34-30-20-16-15-19-28(30)18-14-9-7-5-2/h15-16,19-24,26H,4-14,17-18,25H2,1-3H3. The van der Waals surface area contributed by atoms with Crippen molar-refractivity contribution in [2.24, 2.45) is 0 Å². The summed E-state index contributed by atoms with van der Waals surface area (Å²) in [6.07, 6.45) is 16.2. The van der Waals surface area contributed by atoms with Gasteiger partial charge in [-0.25, -0.2) is 4.79 Å². The van der Waals surface area contributed by atoms with Crippen molar-refractivity contribution in [3.05, 3.63) is 65.2 Å². The fourth-order valence-electron chi connectivity index (χ4n) is 4.19. The average Bonchev–Trinajstić information content (AvgIpc) is 2.86. The molecular weight excluding hydrogens is 420 g/mol. The maximum atomic E-state index is 12.7. The van der Waals surface area contributed by atoms with E-state index in [1.54, 1.807) is 0 Å². The molecule has 0 N–H and O–H groups in total. The molecule has 0 spiro atoms. The molecule has 0 radical (unpaired) electrons. The maximum Gasteiger partial charge on any atom is 0.343 e. The number of carbonyl (C=O) groups is 1. The summed E-state index contributed by atoms with van der Waals surface area (Å²) in [6, 6.07) is 15.5. The van der Waals surface area contributed by atoms with Gasteiger partial charge >= 0.3 is 5.97 Å². The normalized spacial score (nSPS) is 12.0. The Morgan fingerprint density at radius 1 is 0.735 bits per heavy atom. The molecule has 1 atom stereocenters. The fourth-order valence-corrected chi connectivity index (χ4v) is 4.19. The summed E-state index contributed by atoms with van der Waals surface area (Å²) in [5.41, 5.74) is 2.76. The van der Waals surface area contributed by atoms with Crippen molar-refractivity contribution >= 4 is 5.97 Å². The Labute approximate surface area is 208 Å². The van der Waals surface area contributed by atoms with Crippen LogP contribution in [0.1, 0.15) is 125 Å². The van der Waals surface area contributed by atoms with E-state index in [-0.39, 0.29) is 12.1 Å². The van der Waals surface area contributed by atoms with E-state index < -0.39 is 0 Å². The van der Waals surface area contributed by atoms with Crippen LogP contribution in [0.15, 0.2) is 48.5 Å². The summed E-state index contributed by atoms with van der Waals surface area (Å²) in [7, 11) is 0. The number of benzene rings is 2. The first-order chi connectivity index (χ1) is 16.7. The van der Waals surface area contributed by atoms with Crippen LogP contribution in [-0.2, 0) is 11.2 Å². The molecule has 0 aliphatic rings. The molecule has 0 heterocycles. The monoisotopic (exact) mass is 466 g/mol. The summed E-state index contributed by atoms with van der Waals surface area (Å²) in [6.45, 7) is 7.33. The average molecular weight is 467 g/mol. The molecule has 1 unspecified atom stereocenters. The molecule has 2 rings (SSSR count). The van der Waals surface area contributed by atoms with Gasteiger partial charge in [0.05, 0.1) is 11.7 Å². The van der Waals surface area contributed by atoms with E-state index in [0.29, 0.717) is 11.3 Å². The van der Waals surface area contributed by atoms with Crippen molar-refractivity contribution in [1.82, 2.24) is 0 Å². The van der Waals surface area contributed by atoms with Crippen LogP contribution in [0.2, 0.25) is 0 Å². The molecule has 0 fully saturated rings. The third-order valence-corrected chi connectivity index (χ3v) is 6.46. The zero-order valence-electron chi connectivity index (χ0n) is 21.8. The number of hydrogen-bond acceptors (Lipinski definition) is 3. The topological polar surface area (TPSA) is 35.5 Å². The summed E-state index contributed by atoms with van der Waals surface area (Å²) >= 11 is 0. The minimum absolute atomic E-state index is 0.0264. The number of rotatable bonds is 18. The molecule has 2 aromatic carbocycles. The van der Waals surface area contributed by atoms with Gasteiger partial charge in [-0.15, -0.1) is 0 Å². The van der Waals surface area contributed by atoms with E-state index in [1.165, 1.54) is 64.2 Å². The molecule has 0 saturated heterocycles. The summed E-state index contributed by atoms with van der Waals surface area (Å²) in [5.74, 6) is 0.371. The van der Waals surface area contributed by atoms with E-state index in [2.05, 4.69) is 26.8 Å². The summed E-state index contributed by atoms with van der Waals surface area (Å²) in [4.78, 5) is 12.7. The third kappa shape index (κ3) is 10.9. The maximum absolute atomic E-state index is 12.7. The highest BCUT2D eigenvalue weighted by molar-refractivity contribution is 5.91. The number of aryl methyl sites for hydroxylation is 1. The van der Waals surface area contributed by atoms with Gasteiger partial charge in [-0.2, -0.15) is 0 Å². The second-order valence-corrected chi connectivity index (χ2v) is 9.42. The molecule has 3 heteroatoms. The van der Waals surface area contributed by atoms with Gasteiger partial charge in [0, 0.05) is 6.61 Å². The van der Waals surface area contributed by atoms with Gasteiger partial charge in [0.15, 0.2) is 0 Å². The van der Waals surface area contributed by atoms with Gasteiger partial charge in [0.2, 0.25) is 0 Å². The Morgan fingerprint density at radius 2 is 1.32 bits per heavy atom. The number of hydrogen-bond donors (Lipinski definition) is 0. The molecule has 0 amide bonds. The molecule has 34 heavy (non-hydrogen) atoms. The molecule has 0 saturated carbocycles. The Hall–Kier alpha value is -2.13. The second kappa shape index (κ2) is 17.3. The first-order valence-electron chi connectivity index (χ1n) is 13.7. The van der Waals surface area contributed by atoms with Gasteiger partial charge in [0.1, 0.15) is 5.75 Å². The number of carbonyl (C=O) groups excluding carboxylic acids is 1. The Morgan fingerprint density at radius 3 is 2.00 bits per heavy atom. The molecule has 0 aliphatic heterocycles. The van der Waals surface area contributed by atoms with Crippen LogP contribution in [0.5, 0.6) is 5.75 Å². The molecule has 0 aromatic heterocycles. The van der Waals surface area contributed by atoms with E-state index >= 15 is 0 Å². The van der Waals surface area contributed by atoms with E-state index in [9.17, 15) is 4.79 Å². The highest BCUT2D eigenvalue weighted by Crippen LogP contribution is 2.23. The van der Waals surface area contributed by atoms with Crippen LogP contribution in [0.4, 0.5) is 0 Å². The predicted molar refractivity (Wildman–Crippen MR) is 143 cm³/mol. The molecule has 2 aromatic rings. The van der Waals surface area contributed by atoms with Crippen LogP contribution in [-0.4, -0.2) is 12.6 Å². The Balaban J connectivity index is 1.75. The number of esters is 1. The predicted octanol–water partition coefficient (Wildman–Crippen LogP) is 9.25. The molecule has 0 bridgehead atoms. The highest BCUT2D eigenvalue weighted by atomic mass is 16.5. The van der Waals surface area contributed by atoms with E-state index in [0.717, 1.165) is 37.0 Å². The SMILES string of the molecule is CCCCCCCCCCOC(C)c1ccc(C(=O)Oc2ccccc2CCCCCC)cc1. The lowest BCUT2D eigenvalue weighted by Crippen LogP contribution is -2.10. The van der Waals surface area contributed by atoms with Crippen LogP contribution in [0.3, 0.4) is 0 Å². The van der Waals surface area contributed by atoms with E-state index in [4.69, 9.17) is 9.47 Å². The Kier molecular flexibility index (Phi) is 14.3. The van der Waals surface area contributed by atoms with Crippen molar-refractivity contribution in [3.8, 4) is 5.75 Å². The molecule has 3 nitrogen and oxygen atoms in total. The largest absolute Gasteiger partial charge is 0.423 e. The second-order valence-electron chi connectivity index (χ2n) is 9.42. The van der Waals surface area contributed by atoms with Gasteiger partial charge in [0.25, 0.3) is 0 Å². The lowest BCUT2D eigenvalue weighted by Gasteiger charge is -2.14. The van der Waals surface area contributed by atoms with E-state index in [1.807, 2.05) is 42.5 Å². The number of para-hydroxylation sites is 1. The number of unbranched alkanes of at least 4 members (excludes halogenated alkanes) is 10. The van der Waals surface area contributed by atoms with Crippen molar-refractivity contribution < 1.29 is 14.3 Å². The quantitative estimate of drug-likeness (QED) is 0.125. The Bertz CT molecular complexity index is 797.